The van der Waals surface area contributed by atoms with Crippen molar-refractivity contribution in [3.63, 3.8) is 0 Å². The number of anilines is 3. The molecular formula is C13H14ClN3O. The van der Waals surface area contributed by atoms with Gasteiger partial charge < -0.3 is 15.4 Å². The lowest BCUT2D eigenvalue weighted by Gasteiger charge is -2.20. The van der Waals surface area contributed by atoms with E-state index >= 15 is 0 Å². The van der Waals surface area contributed by atoms with Crippen LogP contribution in [0.25, 0.3) is 0 Å². The fourth-order valence-electron chi connectivity index (χ4n) is 1.63. The van der Waals surface area contributed by atoms with Crippen molar-refractivity contribution >= 4 is 28.8 Å². The minimum absolute atomic E-state index is 0.514. The molecule has 2 aromatic rings. The highest BCUT2D eigenvalue weighted by atomic mass is 35.5. The molecule has 0 saturated heterocycles. The minimum atomic E-state index is 0.514. The van der Waals surface area contributed by atoms with Crippen LogP contribution in [-0.4, -0.2) is 19.1 Å². The predicted molar refractivity (Wildman–Crippen MR) is 74.7 cm³/mol. The summed E-state index contributed by atoms with van der Waals surface area (Å²) in [5.74, 6) is 1.44. The van der Waals surface area contributed by atoms with E-state index < -0.39 is 0 Å². The molecule has 0 atom stereocenters. The smallest absolute Gasteiger partial charge is 0.151 e. The van der Waals surface area contributed by atoms with Crippen LogP contribution in [0.15, 0.2) is 36.5 Å². The maximum absolute atomic E-state index is 6.13. The Hall–Kier alpha value is -1.94. The number of pyridine rings is 1. The molecule has 0 radical (unpaired) electrons. The summed E-state index contributed by atoms with van der Waals surface area (Å²) in [6.45, 7) is 0. The topological polar surface area (TPSA) is 51.4 Å². The van der Waals surface area contributed by atoms with E-state index in [-0.39, 0.29) is 0 Å². The lowest BCUT2D eigenvalue weighted by molar-refractivity contribution is 0.415. The third-order valence-electron chi connectivity index (χ3n) is 2.60. The average Bonchev–Trinajstić information content (AvgIpc) is 2.38. The molecule has 2 rings (SSSR count). The van der Waals surface area contributed by atoms with Gasteiger partial charge in [-0.3, -0.25) is 0 Å². The zero-order valence-corrected chi connectivity index (χ0v) is 11.0. The van der Waals surface area contributed by atoms with Crippen LogP contribution in [0, 0.1) is 0 Å². The van der Waals surface area contributed by atoms with Gasteiger partial charge in [-0.05, 0) is 18.2 Å². The van der Waals surface area contributed by atoms with Crippen molar-refractivity contribution in [2.24, 2.45) is 0 Å². The van der Waals surface area contributed by atoms with Crippen molar-refractivity contribution in [2.75, 3.05) is 24.8 Å². The summed E-state index contributed by atoms with van der Waals surface area (Å²) in [4.78, 5) is 6.12. The standard InChI is InChI=1S/C13H14ClN3O/c1-17(10-4-3-5-11(7-10)18-2)13-12(14)6-9(15)8-16-13/h3-8H,15H2,1-2H3. The summed E-state index contributed by atoms with van der Waals surface area (Å²) in [5, 5.41) is 0.514. The molecule has 0 unspecified atom stereocenters. The minimum Gasteiger partial charge on any atom is -0.497 e. The summed E-state index contributed by atoms with van der Waals surface area (Å²) in [7, 11) is 3.52. The molecule has 0 spiro atoms. The van der Waals surface area contributed by atoms with Gasteiger partial charge in [0.25, 0.3) is 0 Å². The van der Waals surface area contributed by atoms with Crippen LogP contribution in [0.1, 0.15) is 0 Å². The zero-order chi connectivity index (χ0) is 13.1. The number of hydrogen-bond acceptors (Lipinski definition) is 4. The van der Waals surface area contributed by atoms with Crippen molar-refractivity contribution in [3.05, 3.63) is 41.6 Å². The van der Waals surface area contributed by atoms with Gasteiger partial charge in [0.1, 0.15) is 5.75 Å². The molecule has 1 heterocycles. The molecule has 1 aromatic carbocycles. The number of benzene rings is 1. The van der Waals surface area contributed by atoms with E-state index in [9.17, 15) is 0 Å². The number of nitrogens with zero attached hydrogens (tertiary/aromatic N) is 2. The average molecular weight is 264 g/mol. The Kier molecular flexibility index (Phi) is 3.58. The Balaban J connectivity index is 2.37. The normalized spacial score (nSPS) is 10.2. The molecule has 0 aliphatic rings. The Morgan fingerprint density at radius 1 is 1.33 bits per heavy atom. The third-order valence-corrected chi connectivity index (χ3v) is 2.88. The van der Waals surface area contributed by atoms with Crippen LogP contribution in [0.2, 0.25) is 5.02 Å². The molecule has 94 valence electrons. The maximum atomic E-state index is 6.13. The van der Waals surface area contributed by atoms with Gasteiger partial charge in [-0.25, -0.2) is 4.98 Å². The largest absolute Gasteiger partial charge is 0.497 e. The number of ether oxygens (including phenoxy) is 1. The second-order valence-electron chi connectivity index (χ2n) is 3.83. The van der Waals surface area contributed by atoms with Crippen LogP contribution in [0.4, 0.5) is 17.2 Å². The fourth-order valence-corrected chi connectivity index (χ4v) is 1.94. The number of halogens is 1. The highest BCUT2D eigenvalue weighted by Gasteiger charge is 2.10. The maximum Gasteiger partial charge on any atom is 0.151 e. The number of nitrogens with two attached hydrogens (primary N) is 1. The summed E-state index contributed by atoms with van der Waals surface area (Å²) in [6, 6.07) is 9.34. The monoisotopic (exact) mass is 263 g/mol. The number of methoxy groups -OCH3 is 1. The lowest BCUT2D eigenvalue weighted by atomic mass is 10.2. The van der Waals surface area contributed by atoms with Gasteiger partial charge in [0, 0.05) is 18.8 Å². The first kappa shape index (κ1) is 12.5. The number of hydrogen-bond donors (Lipinski definition) is 1. The summed E-state index contributed by atoms with van der Waals surface area (Å²) >= 11 is 6.13. The van der Waals surface area contributed by atoms with Crippen LogP contribution in [-0.2, 0) is 0 Å². The van der Waals surface area contributed by atoms with Crippen molar-refractivity contribution in [3.8, 4) is 5.75 Å². The van der Waals surface area contributed by atoms with Gasteiger partial charge >= 0.3 is 0 Å². The number of nitrogen functional groups attached to an aromatic ring is 1. The molecule has 0 amide bonds. The first-order valence-corrected chi connectivity index (χ1v) is 5.78. The summed E-state index contributed by atoms with van der Waals surface area (Å²) in [5.41, 5.74) is 7.11. The van der Waals surface area contributed by atoms with Gasteiger partial charge in [0.15, 0.2) is 5.82 Å². The molecule has 0 bridgehead atoms. The number of rotatable bonds is 3. The second-order valence-corrected chi connectivity index (χ2v) is 4.24. The fraction of sp³-hybridized carbons (Fsp3) is 0.154. The molecule has 2 N–H and O–H groups in total. The molecule has 18 heavy (non-hydrogen) atoms. The molecule has 4 nitrogen and oxygen atoms in total. The highest BCUT2D eigenvalue weighted by molar-refractivity contribution is 6.33. The second kappa shape index (κ2) is 5.14. The van der Waals surface area contributed by atoms with E-state index in [1.165, 1.54) is 0 Å². The van der Waals surface area contributed by atoms with Crippen LogP contribution in [0.5, 0.6) is 5.75 Å². The van der Waals surface area contributed by atoms with Crippen LogP contribution < -0.4 is 15.4 Å². The van der Waals surface area contributed by atoms with E-state index in [0.717, 1.165) is 11.4 Å². The van der Waals surface area contributed by atoms with Gasteiger partial charge in [0.2, 0.25) is 0 Å². The van der Waals surface area contributed by atoms with Gasteiger partial charge in [-0.2, -0.15) is 0 Å². The SMILES string of the molecule is COc1cccc(N(C)c2ncc(N)cc2Cl)c1. The van der Waals surface area contributed by atoms with Gasteiger partial charge in [-0.15, -0.1) is 0 Å². The Bertz CT molecular complexity index is 560. The molecule has 0 saturated carbocycles. The quantitative estimate of drug-likeness (QED) is 0.925. The van der Waals surface area contributed by atoms with Gasteiger partial charge in [-0.1, -0.05) is 17.7 Å². The van der Waals surface area contributed by atoms with E-state index in [2.05, 4.69) is 4.98 Å². The highest BCUT2D eigenvalue weighted by Crippen LogP contribution is 2.31. The molecule has 0 aliphatic carbocycles. The van der Waals surface area contributed by atoms with Gasteiger partial charge in [0.05, 0.1) is 24.0 Å². The Morgan fingerprint density at radius 3 is 2.78 bits per heavy atom. The molecular weight excluding hydrogens is 250 g/mol. The van der Waals surface area contributed by atoms with E-state index in [0.29, 0.717) is 16.5 Å². The third kappa shape index (κ3) is 2.49. The number of aromatic nitrogens is 1. The van der Waals surface area contributed by atoms with Crippen molar-refractivity contribution in [2.45, 2.75) is 0 Å². The van der Waals surface area contributed by atoms with Crippen LogP contribution >= 0.6 is 11.6 Å². The first-order chi connectivity index (χ1) is 8.61. The Morgan fingerprint density at radius 2 is 2.11 bits per heavy atom. The first-order valence-electron chi connectivity index (χ1n) is 5.40. The lowest BCUT2D eigenvalue weighted by Crippen LogP contribution is -2.12. The van der Waals surface area contributed by atoms with Crippen LogP contribution in [0.3, 0.4) is 0 Å². The summed E-state index contributed by atoms with van der Waals surface area (Å²) in [6.07, 6.45) is 1.58. The summed E-state index contributed by atoms with van der Waals surface area (Å²) < 4.78 is 5.19. The molecule has 1 aromatic heterocycles. The zero-order valence-electron chi connectivity index (χ0n) is 10.2. The molecule has 5 heteroatoms. The molecule has 0 fully saturated rings. The van der Waals surface area contributed by atoms with E-state index in [1.54, 1.807) is 19.4 Å². The Labute approximate surface area is 111 Å². The van der Waals surface area contributed by atoms with Crippen molar-refractivity contribution in [1.29, 1.82) is 0 Å². The molecule has 0 aliphatic heterocycles. The van der Waals surface area contributed by atoms with Crippen molar-refractivity contribution < 1.29 is 4.74 Å². The predicted octanol–water partition coefficient (Wildman–Crippen LogP) is 3.09. The van der Waals surface area contributed by atoms with E-state index in [1.807, 2.05) is 36.2 Å². The van der Waals surface area contributed by atoms with E-state index in [4.69, 9.17) is 22.1 Å². The van der Waals surface area contributed by atoms with Crippen molar-refractivity contribution in [1.82, 2.24) is 4.98 Å².